The lowest BCUT2D eigenvalue weighted by Gasteiger charge is -2.17. The Kier molecular flexibility index (Phi) is 6.17. The number of tetrazole rings is 1. The van der Waals surface area contributed by atoms with Gasteiger partial charge in [-0.05, 0) is 64.2 Å². The van der Waals surface area contributed by atoms with E-state index < -0.39 is 5.97 Å². The summed E-state index contributed by atoms with van der Waals surface area (Å²) < 4.78 is 3.32. The number of pyridine rings is 1. The van der Waals surface area contributed by atoms with Gasteiger partial charge in [0, 0.05) is 40.1 Å². The number of fused-ring (bicyclic) bond motifs is 1. The van der Waals surface area contributed by atoms with E-state index in [4.69, 9.17) is 28.3 Å². The van der Waals surface area contributed by atoms with Gasteiger partial charge < -0.3 is 9.67 Å². The minimum absolute atomic E-state index is 0.0675. The third-order valence-electron chi connectivity index (χ3n) is 6.86. The van der Waals surface area contributed by atoms with Crippen molar-refractivity contribution in [1.29, 1.82) is 0 Å². The fourth-order valence-corrected chi connectivity index (χ4v) is 5.68. The standard InChI is InChI=1S/C27H20Cl2N6O3/c28-18-4-6-23(34-14-30-32-33-34)20(12-18)17-10-19-5-7-24(35(19)25(36)11-17)22-13-21(27(29)31-22)16-3-1-2-15(8-16)9-26(37)38/h1-4,6,8,10-12,14,24H,5,7,9,13H2,(H,37,38)/t24-/m0/s1. The van der Waals surface area contributed by atoms with Crippen LogP contribution in [0.25, 0.3) is 22.4 Å². The molecule has 11 heteroatoms. The first kappa shape index (κ1) is 24.3. The van der Waals surface area contributed by atoms with E-state index in [9.17, 15) is 9.59 Å². The van der Waals surface area contributed by atoms with E-state index in [1.165, 1.54) is 11.0 Å². The Balaban J connectivity index is 1.31. The molecule has 0 bridgehead atoms. The van der Waals surface area contributed by atoms with Crippen molar-refractivity contribution in [3.63, 3.8) is 0 Å². The molecule has 0 spiro atoms. The SMILES string of the molecule is O=C(O)Cc1cccc(C2=C(Cl)N=C([C@@H]3CCc4cc(-c5cc(Cl)ccc5-n5cnnn5)cc(=O)n43)C2)c1. The molecule has 0 fully saturated rings. The van der Waals surface area contributed by atoms with Crippen molar-refractivity contribution in [3.05, 3.63) is 98.3 Å². The van der Waals surface area contributed by atoms with Crippen LogP contribution >= 0.6 is 23.2 Å². The molecule has 6 rings (SSSR count). The second-order valence-electron chi connectivity index (χ2n) is 9.23. The maximum absolute atomic E-state index is 13.5. The van der Waals surface area contributed by atoms with Crippen LogP contribution in [0.2, 0.25) is 5.02 Å². The molecule has 0 amide bonds. The van der Waals surface area contributed by atoms with E-state index in [0.717, 1.165) is 40.1 Å². The number of carbonyl (C=O) groups is 1. The maximum atomic E-state index is 13.5. The Morgan fingerprint density at radius 2 is 1.95 bits per heavy atom. The predicted molar refractivity (Wildman–Crippen MR) is 144 cm³/mol. The van der Waals surface area contributed by atoms with Gasteiger partial charge in [-0.15, -0.1) is 5.10 Å². The average Bonchev–Trinajstić information content (AvgIpc) is 3.64. The molecule has 2 aromatic carbocycles. The van der Waals surface area contributed by atoms with Crippen molar-refractivity contribution in [2.75, 3.05) is 0 Å². The second kappa shape index (κ2) is 9.66. The molecule has 0 saturated heterocycles. The molecule has 4 heterocycles. The number of rotatable bonds is 6. The summed E-state index contributed by atoms with van der Waals surface area (Å²) in [6, 6.07) is 16.1. The number of halogens is 2. The van der Waals surface area contributed by atoms with Crippen molar-refractivity contribution in [3.8, 4) is 16.8 Å². The Labute approximate surface area is 226 Å². The number of aryl methyl sites for hydroxylation is 1. The highest BCUT2D eigenvalue weighted by atomic mass is 35.5. The largest absolute Gasteiger partial charge is 0.481 e. The average molecular weight is 547 g/mol. The molecular weight excluding hydrogens is 527 g/mol. The zero-order chi connectivity index (χ0) is 26.4. The lowest BCUT2D eigenvalue weighted by atomic mass is 9.97. The number of nitrogens with zero attached hydrogens (tertiary/aromatic N) is 6. The smallest absolute Gasteiger partial charge is 0.307 e. The maximum Gasteiger partial charge on any atom is 0.307 e. The number of allylic oxidation sites excluding steroid dienone is 1. The van der Waals surface area contributed by atoms with Gasteiger partial charge in [0.05, 0.1) is 18.2 Å². The molecule has 0 saturated carbocycles. The van der Waals surface area contributed by atoms with Crippen LogP contribution in [-0.4, -0.2) is 41.6 Å². The van der Waals surface area contributed by atoms with E-state index in [1.807, 2.05) is 30.3 Å². The number of hydrogen-bond donors (Lipinski definition) is 1. The van der Waals surface area contributed by atoms with Crippen LogP contribution in [0.3, 0.4) is 0 Å². The lowest BCUT2D eigenvalue weighted by Crippen LogP contribution is -2.27. The van der Waals surface area contributed by atoms with Crippen molar-refractivity contribution in [2.24, 2.45) is 4.99 Å². The number of aliphatic imine (C=N–C) groups is 1. The van der Waals surface area contributed by atoms with E-state index in [-0.39, 0.29) is 18.0 Å². The summed E-state index contributed by atoms with van der Waals surface area (Å²) in [6.07, 6.45) is 3.35. The molecule has 0 aliphatic carbocycles. The van der Waals surface area contributed by atoms with E-state index in [1.54, 1.807) is 28.8 Å². The molecule has 38 heavy (non-hydrogen) atoms. The predicted octanol–water partition coefficient (Wildman–Crippen LogP) is 4.71. The highest BCUT2D eigenvalue weighted by Crippen LogP contribution is 2.39. The molecule has 1 atom stereocenters. The normalized spacial score (nSPS) is 16.6. The number of benzene rings is 2. The van der Waals surface area contributed by atoms with Crippen LogP contribution in [0, 0.1) is 0 Å². The van der Waals surface area contributed by atoms with Gasteiger partial charge in [-0.2, -0.15) is 4.68 Å². The van der Waals surface area contributed by atoms with Gasteiger partial charge in [0.2, 0.25) is 0 Å². The number of aromatic nitrogens is 5. The Morgan fingerprint density at radius 3 is 2.74 bits per heavy atom. The Morgan fingerprint density at radius 1 is 1.08 bits per heavy atom. The number of hydrogen-bond acceptors (Lipinski definition) is 6. The van der Waals surface area contributed by atoms with Crippen molar-refractivity contribution in [1.82, 2.24) is 24.8 Å². The highest BCUT2D eigenvalue weighted by molar-refractivity contribution is 6.35. The molecule has 2 aliphatic heterocycles. The van der Waals surface area contributed by atoms with Crippen LogP contribution in [0.4, 0.5) is 0 Å². The van der Waals surface area contributed by atoms with Crippen LogP contribution in [0.1, 0.15) is 35.7 Å². The van der Waals surface area contributed by atoms with Gasteiger partial charge in [-0.3, -0.25) is 9.59 Å². The Bertz CT molecular complexity index is 1710. The van der Waals surface area contributed by atoms with Crippen molar-refractivity contribution in [2.45, 2.75) is 31.7 Å². The minimum atomic E-state index is -0.894. The molecule has 9 nitrogen and oxygen atoms in total. The fourth-order valence-electron chi connectivity index (χ4n) is 5.22. The molecule has 2 aliphatic rings. The van der Waals surface area contributed by atoms with Crippen LogP contribution < -0.4 is 5.56 Å². The molecule has 2 aromatic heterocycles. The van der Waals surface area contributed by atoms with Crippen molar-refractivity contribution >= 4 is 40.5 Å². The monoisotopic (exact) mass is 546 g/mol. The topological polar surface area (TPSA) is 115 Å². The first-order valence-corrected chi connectivity index (χ1v) is 12.7. The third kappa shape index (κ3) is 4.44. The Hall–Kier alpha value is -4.08. The zero-order valence-corrected chi connectivity index (χ0v) is 21.4. The second-order valence-corrected chi connectivity index (χ2v) is 10.0. The molecule has 1 N–H and O–H groups in total. The summed E-state index contributed by atoms with van der Waals surface area (Å²) in [6.45, 7) is 0. The first-order valence-electron chi connectivity index (χ1n) is 11.9. The van der Waals surface area contributed by atoms with Gasteiger partial charge in [0.1, 0.15) is 11.5 Å². The zero-order valence-electron chi connectivity index (χ0n) is 19.9. The number of aliphatic carboxylic acids is 1. The van der Waals surface area contributed by atoms with Gasteiger partial charge in [0.25, 0.3) is 5.56 Å². The summed E-state index contributed by atoms with van der Waals surface area (Å²) >= 11 is 12.9. The third-order valence-corrected chi connectivity index (χ3v) is 7.41. The number of carboxylic acid groups (broad SMARTS) is 1. The van der Waals surface area contributed by atoms with Gasteiger partial charge >= 0.3 is 5.97 Å². The highest BCUT2D eigenvalue weighted by Gasteiger charge is 2.32. The van der Waals surface area contributed by atoms with Gasteiger partial charge in [0.15, 0.2) is 0 Å². The van der Waals surface area contributed by atoms with Gasteiger partial charge in [-0.25, -0.2) is 4.99 Å². The summed E-state index contributed by atoms with van der Waals surface area (Å²) in [5.41, 5.74) is 6.13. The molecule has 0 unspecified atom stereocenters. The van der Waals surface area contributed by atoms with E-state index in [0.29, 0.717) is 34.3 Å². The quantitative estimate of drug-likeness (QED) is 0.350. The summed E-state index contributed by atoms with van der Waals surface area (Å²) in [5.74, 6) is -0.894. The van der Waals surface area contributed by atoms with Crippen LogP contribution in [0.15, 0.2) is 75.9 Å². The summed E-state index contributed by atoms with van der Waals surface area (Å²) in [5, 5.41) is 21.5. The molecular formula is C27H20Cl2N6O3. The molecule has 190 valence electrons. The summed E-state index contributed by atoms with van der Waals surface area (Å²) in [4.78, 5) is 29.2. The van der Waals surface area contributed by atoms with E-state index in [2.05, 4.69) is 20.5 Å². The lowest BCUT2D eigenvalue weighted by molar-refractivity contribution is -0.136. The van der Waals surface area contributed by atoms with Crippen LogP contribution in [0.5, 0.6) is 0 Å². The fraction of sp³-hybridized carbons (Fsp3) is 0.185. The van der Waals surface area contributed by atoms with E-state index >= 15 is 0 Å². The van der Waals surface area contributed by atoms with Crippen molar-refractivity contribution < 1.29 is 9.90 Å². The minimum Gasteiger partial charge on any atom is -0.481 e. The molecule has 4 aromatic rings. The number of carboxylic acids is 1. The summed E-state index contributed by atoms with van der Waals surface area (Å²) in [7, 11) is 0. The van der Waals surface area contributed by atoms with Crippen LogP contribution in [-0.2, 0) is 17.6 Å². The van der Waals surface area contributed by atoms with Gasteiger partial charge in [-0.1, -0.05) is 47.5 Å². The first-order chi connectivity index (χ1) is 18.4. The molecule has 0 radical (unpaired) electrons.